The molecular formula is C22H21N5O2. The highest BCUT2D eigenvalue weighted by atomic mass is 16.2. The lowest BCUT2D eigenvalue weighted by Gasteiger charge is -2.41. The molecule has 2 N–H and O–H groups in total. The lowest BCUT2D eigenvalue weighted by Crippen LogP contribution is -2.52. The highest BCUT2D eigenvalue weighted by Gasteiger charge is 2.47. The molecule has 2 aromatic carbocycles. The zero-order valence-electron chi connectivity index (χ0n) is 16.3. The number of likely N-dealkylation sites (N-methyl/N-ethyl adjacent to an activating group) is 1. The van der Waals surface area contributed by atoms with Gasteiger partial charge in [0.1, 0.15) is 5.54 Å². The normalized spacial score (nSPS) is 24.0. The monoisotopic (exact) mass is 387 g/mol. The fourth-order valence-corrected chi connectivity index (χ4v) is 3.96. The summed E-state index contributed by atoms with van der Waals surface area (Å²) in [5, 5.41) is 9.29. The van der Waals surface area contributed by atoms with Crippen LogP contribution in [0.2, 0.25) is 0 Å². The number of nitrogens with zero attached hydrogens (tertiary/aromatic N) is 4. The van der Waals surface area contributed by atoms with E-state index >= 15 is 0 Å². The smallest absolute Gasteiger partial charge is 0.239 e. The fraction of sp³-hybridized carbons (Fsp3) is 0.273. The summed E-state index contributed by atoms with van der Waals surface area (Å²) in [4.78, 5) is 32.7. The van der Waals surface area contributed by atoms with E-state index in [1.54, 1.807) is 30.1 Å². The number of nitriles is 1. The van der Waals surface area contributed by atoms with Crippen molar-refractivity contribution < 1.29 is 9.59 Å². The Kier molecular flexibility index (Phi) is 4.35. The van der Waals surface area contributed by atoms with E-state index in [0.717, 1.165) is 16.8 Å². The van der Waals surface area contributed by atoms with E-state index in [4.69, 9.17) is 5.73 Å². The maximum absolute atomic E-state index is 13.3. The number of carbonyl (C=O) groups excluding carboxylic acids is 2. The van der Waals surface area contributed by atoms with Gasteiger partial charge in [-0.1, -0.05) is 24.3 Å². The Morgan fingerprint density at radius 1 is 1.21 bits per heavy atom. The van der Waals surface area contributed by atoms with Gasteiger partial charge in [-0.15, -0.1) is 0 Å². The van der Waals surface area contributed by atoms with Crippen molar-refractivity contribution in [3.05, 3.63) is 65.2 Å². The quantitative estimate of drug-likeness (QED) is 0.815. The molecule has 2 aliphatic rings. The summed E-state index contributed by atoms with van der Waals surface area (Å²) in [7, 11) is 1.60. The number of hydrogen-bond donors (Lipinski definition) is 1. The van der Waals surface area contributed by atoms with Gasteiger partial charge in [0, 0.05) is 25.7 Å². The Balaban J connectivity index is 1.81. The third kappa shape index (κ3) is 2.93. The Labute approximate surface area is 169 Å². The lowest BCUT2D eigenvalue weighted by atomic mass is 9.74. The van der Waals surface area contributed by atoms with Crippen molar-refractivity contribution in [3.8, 4) is 6.07 Å². The van der Waals surface area contributed by atoms with Crippen LogP contribution in [0.15, 0.2) is 53.5 Å². The molecule has 2 aromatic rings. The zero-order valence-corrected chi connectivity index (χ0v) is 16.3. The predicted molar refractivity (Wildman–Crippen MR) is 109 cm³/mol. The summed E-state index contributed by atoms with van der Waals surface area (Å²) in [6.07, 6.45) is 0.564. The Morgan fingerprint density at radius 2 is 1.93 bits per heavy atom. The second-order valence-electron chi connectivity index (χ2n) is 7.53. The maximum Gasteiger partial charge on any atom is 0.239 e. The minimum atomic E-state index is -0.964. The molecule has 146 valence electrons. The molecule has 0 radical (unpaired) electrons. The van der Waals surface area contributed by atoms with Crippen molar-refractivity contribution in [2.24, 2.45) is 10.7 Å². The SMILES string of the molecule is CN1C(=O)[C@@H](c2ccc(N3CCC3=O)cc2)[C@@](C)(c2cccc(C#N)c2)N=C1N. The van der Waals surface area contributed by atoms with E-state index in [1.807, 2.05) is 37.3 Å². The summed E-state index contributed by atoms with van der Waals surface area (Å²) >= 11 is 0. The molecule has 1 fully saturated rings. The van der Waals surface area contributed by atoms with Crippen LogP contribution in [0.5, 0.6) is 0 Å². The summed E-state index contributed by atoms with van der Waals surface area (Å²) < 4.78 is 0. The van der Waals surface area contributed by atoms with Crippen molar-refractivity contribution in [1.29, 1.82) is 5.26 Å². The highest BCUT2D eigenvalue weighted by molar-refractivity contribution is 6.03. The van der Waals surface area contributed by atoms with Crippen LogP contribution < -0.4 is 10.6 Å². The molecule has 0 saturated carbocycles. The summed E-state index contributed by atoms with van der Waals surface area (Å²) in [5.74, 6) is -0.550. The van der Waals surface area contributed by atoms with Gasteiger partial charge >= 0.3 is 0 Å². The average molecular weight is 387 g/mol. The molecule has 7 heteroatoms. The van der Waals surface area contributed by atoms with E-state index < -0.39 is 11.5 Å². The number of benzene rings is 2. The standard InChI is InChI=1S/C22H21N5O2/c1-22(16-5-3-4-14(12-16)13-23)19(20(29)26(2)21(24)25-22)15-6-8-17(9-7-15)27-11-10-18(27)28/h3-9,12,19H,10-11H2,1-2H3,(H2,24,25)/t19-,22-/m1/s1. The van der Waals surface area contributed by atoms with Crippen LogP contribution in [0.1, 0.15) is 36.0 Å². The van der Waals surface area contributed by atoms with Crippen LogP contribution in [0, 0.1) is 11.3 Å². The first kappa shape index (κ1) is 18.7. The molecule has 2 amide bonds. The van der Waals surface area contributed by atoms with Crippen LogP contribution >= 0.6 is 0 Å². The van der Waals surface area contributed by atoms with Gasteiger partial charge in [0.15, 0.2) is 5.96 Å². The molecule has 0 aliphatic carbocycles. The van der Waals surface area contributed by atoms with Crippen molar-refractivity contribution >= 4 is 23.5 Å². The molecular weight excluding hydrogens is 366 g/mol. The number of guanidine groups is 1. The number of anilines is 1. The highest BCUT2D eigenvalue weighted by Crippen LogP contribution is 2.44. The predicted octanol–water partition coefficient (Wildman–Crippen LogP) is 2.08. The first-order valence-corrected chi connectivity index (χ1v) is 9.39. The molecule has 2 atom stereocenters. The first-order valence-electron chi connectivity index (χ1n) is 9.39. The Morgan fingerprint density at radius 3 is 2.52 bits per heavy atom. The minimum Gasteiger partial charge on any atom is -0.369 e. The number of hydrogen-bond acceptors (Lipinski definition) is 5. The van der Waals surface area contributed by atoms with Crippen LogP contribution in [0.4, 0.5) is 5.69 Å². The van der Waals surface area contributed by atoms with E-state index in [-0.39, 0.29) is 17.8 Å². The fourth-order valence-electron chi connectivity index (χ4n) is 3.96. The van der Waals surface area contributed by atoms with Crippen LogP contribution in [-0.4, -0.2) is 36.3 Å². The largest absolute Gasteiger partial charge is 0.369 e. The van der Waals surface area contributed by atoms with E-state index in [9.17, 15) is 14.9 Å². The second-order valence-corrected chi connectivity index (χ2v) is 7.53. The molecule has 7 nitrogen and oxygen atoms in total. The number of amides is 2. The van der Waals surface area contributed by atoms with E-state index in [1.165, 1.54) is 4.90 Å². The van der Waals surface area contributed by atoms with Crippen LogP contribution in [0.3, 0.4) is 0 Å². The number of rotatable bonds is 3. The molecule has 4 rings (SSSR count). The van der Waals surface area contributed by atoms with Gasteiger partial charge in [-0.3, -0.25) is 14.5 Å². The first-order chi connectivity index (χ1) is 13.8. The summed E-state index contributed by atoms with van der Waals surface area (Å²) in [6, 6.07) is 16.7. The van der Waals surface area contributed by atoms with Crippen LogP contribution in [-0.2, 0) is 15.1 Å². The van der Waals surface area contributed by atoms with Crippen molar-refractivity contribution in [3.63, 3.8) is 0 Å². The third-order valence-corrected chi connectivity index (χ3v) is 5.79. The minimum absolute atomic E-state index is 0.0988. The molecule has 0 aromatic heterocycles. The van der Waals surface area contributed by atoms with Gasteiger partial charge in [0.2, 0.25) is 11.8 Å². The topological polar surface area (TPSA) is 103 Å². The Bertz CT molecular complexity index is 1070. The summed E-state index contributed by atoms with van der Waals surface area (Å²) in [5.41, 5.74) is 7.91. The third-order valence-electron chi connectivity index (χ3n) is 5.79. The Hall–Kier alpha value is -3.66. The van der Waals surface area contributed by atoms with Gasteiger partial charge < -0.3 is 10.6 Å². The molecule has 2 heterocycles. The molecule has 2 aliphatic heterocycles. The lowest BCUT2D eigenvalue weighted by molar-refractivity contribution is -0.130. The number of aliphatic imine (C=N–C) groups is 1. The van der Waals surface area contributed by atoms with E-state index in [2.05, 4.69) is 11.1 Å². The molecule has 29 heavy (non-hydrogen) atoms. The van der Waals surface area contributed by atoms with Gasteiger partial charge in [-0.2, -0.15) is 5.26 Å². The average Bonchev–Trinajstić information content (AvgIpc) is 2.72. The molecule has 0 spiro atoms. The van der Waals surface area contributed by atoms with Gasteiger partial charge in [-0.05, 0) is 42.3 Å². The van der Waals surface area contributed by atoms with Crippen molar-refractivity contribution in [2.75, 3.05) is 18.5 Å². The van der Waals surface area contributed by atoms with E-state index in [0.29, 0.717) is 18.5 Å². The van der Waals surface area contributed by atoms with Crippen molar-refractivity contribution in [1.82, 2.24) is 4.90 Å². The maximum atomic E-state index is 13.3. The van der Waals surface area contributed by atoms with Gasteiger partial charge in [0.05, 0.1) is 17.6 Å². The number of β-lactam (4-membered cyclic amide) rings is 1. The molecule has 0 unspecified atom stereocenters. The number of nitrogens with two attached hydrogens (primary N) is 1. The van der Waals surface area contributed by atoms with Crippen LogP contribution in [0.25, 0.3) is 0 Å². The zero-order chi connectivity index (χ0) is 20.8. The molecule has 1 saturated heterocycles. The van der Waals surface area contributed by atoms with Crippen molar-refractivity contribution in [2.45, 2.75) is 24.8 Å². The summed E-state index contributed by atoms with van der Waals surface area (Å²) in [6.45, 7) is 2.57. The van der Waals surface area contributed by atoms with Gasteiger partial charge in [0.25, 0.3) is 0 Å². The second kappa shape index (κ2) is 6.74. The number of carbonyl (C=O) groups is 2. The molecule has 0 bridgehead atoms. The van der Waals surface area contributed by atoms with Gasteiger partial charge in [-0.25, -0.2) is 4.99 Å².